The largest absolute Gasteiger partial charge is 0.383 e. The molecule has 16 heavy (non-hydrogen) atoms. The van der Waals surface area contributed by atoms with E-state index in [9.17, 15) is 0 Å². The van der Waals surface area contributed by atoms with Gasteiger partial charge in [0.25, 0.3) is 0 Å². The van der Waals surface area contributed by atoms with Crippen molar-refractivity contribution in [3.05, 3.63) is 12.4 Å². The molecule has 0 aliphatic heterocycles. The van der Waals surface area contributed by atoms with Gasteiger partial charge in [-0.2, -0.15) is 0 Å². The van der Waals surface area contributed by atoms with Gasteiger partial charge in [-0.3, -0.25) is 4.98 Å². The number of rotatable bonds is 6. The lowest BCUT2D eigenvalue weighted by Crippen LogP contribution is -2.34. The van der Waals surface area contributed by atoms with Crippen molar-refractivity contribution in [2.45, 2.75) is 19.9 Å². The quantitative estimate of drug-likeness (QED) is 0.791. The first-order valence-corrected chi connectivity index (χ1v) is 5.44. The molecule has 0 saturated carbocycles. The number of ether oxygens (including phenoxy) is 1. The lowest BCUT2D eigenvalue weighted by molar-refractivity contribution is 0.203. The van der Waals surface area contributed by atoms with E-state index in [0.717, 1.165) is 18.2 Å². The lowest BCUT2D eigenvalue weighted by atomic mass is 10.3. The van der Waals surface area contributed by atoms with Crippen LogP contribution in [0.15, 0.2) is 12.4 Å². The molecular weight excluding hydrogens is 204 g/mol. The van der Waals surface area contributed by atoms with Gasteiger partial charge in [0, 0.05) is 26.7 Å². The summed E-state index contributed by atoms with van der Waals surface area (Å²) in [7, 11) is 3.54. The Morgan fingerprint density at radius 3 is 2.75 bits per heavy atom. The van der Waals surface area contributed by atoms with Gasteiger partial charge in [0.2, 0.25) is 0 Å². The molecule has 0 spiro atoms. The number of aromatic nitrogens is 2. The molecule has 0 amide bonds. The van der Waals surface area contributed by atoms with Crippen LogP contribution in [0.2, 0.25) is 0 Å². The van der Waals surface area contributed by atoms with Gasteiger partial charge in [0.05, 0.1) is 19.0 Å². The molecule has 0 fully saturated rings. The van der Waals surface area contributed by atoms with Gasteiger partial charge in [-0.15, -0.1) is 0 Å². The molecule has 0 radical (unpaired) electrons. The van der Waals surface area contributed by atoms with Gasteiger partial charge in [-0.25, -0.2) is 4.98 Å². The second kappa shape index (κ2) is 6.27. The molecule has 0 unspecified atom stereocenters. The summed E-state index contributed by atoms with van der Waals surface area (Å²) in [6.07, 6.45) is 3.48. The summed E-state index contributed by atoms with van der Waals surface area (Å²) in [5.74, 6) is 1.65. The Labute approximate surface area is 96.8 Å². The van der Waals surface area contributed by atoms with Crippen LogP contribution in [0.4, 0.5) is 11.6 Å². The summed E-state index contributed by atoms with van der Waals surface area (Å²) in [6, 6.07) is 0.372. The third kappa shape index (κ3) is 3.34. The molecule has 1 rings (SSSR count). The Balaban J connectivity index is 2.82. The van der Waals surface area contributed by atoms with Crippen molar-refractivity contribution in [3.8, 4) is 0 Å². The second-order valence-corrected chi connectivity index (χ2v) is 3.79. The summed E-state index contributed by atoms with van der Waals surface area (Å²) in [6.45, 7) is 5.76. The molecule has 0 aliphatic rings. The standard InChI is InChI=1S/C11H20N4O/c1-9(2)15(5-6-16-4)11-8-13-7-10(12-3)14-11/h7-9H,5-6H2,1-4H3,(H,12,14). The topological polar surface area (TPSA) is 50.3 Å². The number of hydrogen-bond donors (Lipinski definition) is 1. The molecule has 0 aromatic carbocycles. The summed E-state index contributed by atoms with van der Waals surface area (Å²) < 4.78 is 5.10. The maximum Gasteiger partial charge on any atom is 0.149 e. The van der Waals surface area contributed by atoms with E-state index in [0.29, 0.717) is 12.6 Å². The zero-order chi connectivity index (χ0) is 12.0. The highest BCUT2D eigenvalue weighted by atomic mass is 16.5. The van der Waals surface area contributed by atoms with Crippen molar-refractivity contribution in [3.63, 3.8) is 0 Å². The van der Waals surface area contributed by atoms with Crippen LogP contribution in [0.5, 0.6) is 0 Å². The lowest BCUT2D eigenvalue weighted by Gasteiger charge is -2.27. The fraction of sp³-hybridized carbons (Fsp3) is 0.636. The molecule has 5 nitrogen and oxygen atoms in total. The van der Waals surface area contributed by atoms with Gasteiger partial charge in [-0.05, 0) is 13.8 Å². The van der Waals surface area contributed by atoms with E-state index in [1.165, 1.54) is 0 Å². The average molecular weight is 224 g/mol. The minimum Gasteiger partial charge on any atom is -0.383 e. The maximum absolute atomic E-state index is 5.10. The Hall–Kier alpha value is -1.36. The predicted octanol–water partition coefficient (Wildman–Crippen LogP) is 1.38. The summed E-state index contributed by atoms with van der Waals surface area (Å²) in [4.78, 5) is 10.8. The van der Waals surface area contributed by atoms with E-state index in [1.54, 1.807) is 19.5 Å². The Kier molecular flexibility index (Phi) is 4.98. The van der Waals surface area contributed by atoms with Crippen molar-refractivity contribution >= 4 is 11.6 Å². The fourth-order valence-electron chi connectivity index (χ4n) is 1.44. The molecule has 1 heterocycles. The zero-order valence-electron chi connectivity index (χ0n) is 10.4. The highest BCUT2D eigenvalue weighted by Crippen LogP contribution is 2.14. The van der Waals surface area contributed by atoms with Crippen LogP contribution in [0.1, 0.15) is 13.8 Å². The molecule has 0 bridgehead atoms. The average Bonchev–Trinajstić information content (AvgIpc) is 2.29. The minimum absolute atomic E-state index is 0.372. The van der Waals surface area contributed by atoms with Crippen molar-refractivity contribution < 1.29 is 4.74 Å². The summed E-state index contributed by atoms with van der Waals surface area (Å²) >= 11 is 0. The number of anilines is 2. The summed E-state index contributed by atoms with van der Waals surface area (Å²) in [5.41, 5.74) is 0. The molecule has 1 N–H and O–H groups in total. The number of methoxy groups -OCH3 is 1. The smallest absolute Gasteiger partial charge is 0.149 e. The maximum atomic E-state index is 5.10. The molecule has 0 aliphatic carbocycles. The first-order valence-electron chi connectivity index (χ1n) is 5.44. The first kappa shape index (κ1) is 12.7. The van der Waals surface area contributed by atoms with Gasteiger partial charge in [0.15, 0.2) is 0 Å². The van der Waals surface area contributed by atoms with Crippen molar-refractivity contribution in [2.75, 3.05) is 37.5 Å². The monoisotopic (exact) mass is 224 g/mol. The highest BCUT2D eigenvalue weighted by molar-refractivity contribution is 5.44. The molecule has 0 saturated heterocycles. The van der Waals surface area contributed by atoms with Gasteiger partial charge in [-0.1, -0.05) is 0 Å². The molecule has 1 aromatic rings. The Bertz CT molecular complexity index is 317. The van der Waals surface area contributed by atoms with Gasteiger partial charge >= 0.3 is 0 Å². The molecule has 1 aromatic heterocycles. The molecule has 5 heteroatoms. The third-order valence-electron chi connectivity index (χ3n) is 2.33. The molecule has 0 atom stereocenters. The fourth-order valence-corrected chi connectivity index (χ4v) is 1.44. The Morgan fingerprint density at radius 1 is 1.44 bits per heavy atom. The SMILES string of the molecule is CNc1cncc(N(CCOC)C(C)C)n1. The van der Waals surface area contributed by atoms with E-state index in [1.807, 2.05) is 7.05 Å². The van der Waals surface area contributed by atoms with Gasteiger partial charge < -0.3 is 15.0 Å². The van der Waals surface area contributed by atoms with E-state index >= 15 is 0 Å². The predicted molar refractivity (Wildman–Crippen MR) is 65.9 cm³/mol. The van der Waals surface area contributed by atoms with Crippen LogP contribution in [-0.2, 0) is 4.74 Å². The normalized spacial score (nSPS) is 10.6. The van der Waals surface area contributed by atoms with Gasteiger partial charge in [0.1, 0.15) is 11.6 Å². The second-order valence-electron chi connectivity index (χ2n) is 3.79. The van der Waals surface area contributed by atoms with Crippen LogP contribution in [0.3, 0.4) is 0 Å². The molecular formula is C11H20N4O. The molecule has 90 valence electrons. The van der Waals surface area contributed by atoms with E-state index < -0.39 is 0 Å². The third-order valence-corrected chi connectivity index (χ3v) is 2.33. The van der Waals surface area contributed by atoms with E-state index in [2.05, 4.69) is 34.0 Å². The van der Waals surface area contributed by atoms with Crippen LogP contribution in [0, 0.1) is 0 Å². The van der Waals surface area contributed by atoms with E-state index in [-0.39, 0.29) is 0 Å². The van der Waals surface area contributed by atoms with Crippen LogP contribution in [0.25, 0.3) is 0 Å². The van der Waals surface area contributed by atoms with Crippen LogP contribution < -0.4 is 10.2 Å². The van der Waals surface area contributed by atoms with Crippen molar-refractivity contribution in [2.24, 2.45) is 0 Å². The highest BCUT2D eigenvalue weighted by Gasteiger charge is 2.12. The van der Waals surface area contributed by atoms with Crippen molar-refractivity contribution in [1.29, 1.82) is 0 Å². The van der Waals surface area contributed by atoms with Crippen LogP contribution >= 0.6 is 0 Å². The summed E-state index contributed by atoms with van der Waals surface area (Å²) in [5, 5.41) is 2.99. The zero-order valence-corrected chi connectivity index (χ0v) is 10.4. The minimum atomic E-state index is 0.372. The van der Waals surface area contributed by atoms with Crippen molar-refractivity contribution in [1.82, 2.24) is 9.97 Å². The van der Waals surface area contributed by atoms with Crippen LogP contribution in [-0.4, -0.2) is 43.3 Å². The Morgan fingerprint density at radius 2 is 2.19 bits per heavy atom. The first-order chi connectivity index (χ1) is 7.69. The number of nitrogens with zero attached hydrogens (tertiary/aromatic N) is 3. The number of nitrogens with one attached hydrogen (secondary N) is 1. The number of hydrogen-bond acceptors (Lipinski definition) is 5. The van der Waals surface area contributed by atoms with E-state index in [4.69, 9.17) is 4.74 Å².